The van der Waals surface area contributed by atoms with Crippen molar-refractivity contribution in [3.63, 3.8) is 0 Å². The van der Waals surface area contributed by atoms with Crippen molar-refractivity contribution in [2.75, 3.05) is 0 Å². The first-order valence-electron chi connectivity index (χ1n) is 7.30. The van der Waals surface area contributed by atoms with E-state index in [2.05, 4.69) is 76.5 Å². The number of nitrogens with zero attached hydrogens (tertiary/aromatic N) is 1. The molecule has 6 heteroatoms. The number of aromatic hydroxyl groups is 1. The summed E-state index contributed by atoms with van der Waals surface area (Å²) in [4.78, 5) is 12.1. The van der Waals surface area contributed by atoms with Gasteiger partial charge in [-0.3, -0.25) is 4.79 Å². The summed E-state index contributed by atoms with van der Waals surface area (Å²) in [5, 5.41) is 13.9. The minimum Gasteiger partial charge on any atom is -0.506 e. The maximum absolute atomic E-state index is 12.1. The van der Waals surface area contributed by atoms with Crippen LogP contribution in [0.5, 0.6) is 5.75 Å². The number of hydrogen-bond acceptors (Lipinski definition) is 3. The van der Waals surface area contributed by atoms with Crippen LogP contribution in [0.25, 0.3) is 0 Å². The third kappa shape index (κ3) is 4.92. The van der Waals surface area contributed by atoms with Crippen LogP contribution in [0.1, 0.15) is 42.3 Å². The number of phenolic OH excluding ortho intramolecular Hbond substituents is 1. The molecule has 0 heterocycles. The molecule has 2 rings (SSSR count). The van der Waals surface area contributed by atoms with Gasteiger partial charge in [0.15, 0.2) is 0 Å². The van der Waals surface area contributed by atoms with Gasteiger partial charge in [0.05, 0.1) is 9.78 Å². The van der Waals surface area contributed by atoms with E-state index in [4.69, 9.17) is 0 Å². The summed E-state index contributed by atoms with van der Waals surface area (Å²) in [6, 6.07) is 11.1. The Morgan fingerprint density at radius 2 is 1.79 bits per heavy atom. The fraction of sp³-hybridized carbons (Fsp3) is 0.222. The van der Waals surface area contributed by atoms with Crippen LogP contribution in [0, 0.1) is 7.14 Å². The lowest BCUT2D eigenvalue weighted by Gasteiger charge is -2.18. The topological polar surface area (TPSA) is 61.7 Å². The zero-order valence-corrected chi connectivity index (χ0v) is 17.9. The molecule has 0 aromatic heterocycles. The molecule has 2 aromatic rings. The molecule has 0 aliphatic carbocycles. The normalized spacial score (nSPS) is 11.7. The number of benzene rings is 2. The third-order valence-corrected chi connectivity index (χ3v) is 4.89. The van der Waals surface area contributed by atoms with Gasteiger partial charge in [-0.25, -0.2) is 5.43 Å². The average Bonchev–Trinajstić information content (AvgIpc) is 2.51. The maximum atomic E-state index is 12.1. The van der Waals surface area contributed by atoms with Gasteiger partial charge >= 0.3 is 0 Å². The fourth-order valence-corrected chi connectivity index (χ4v) is 3.92. The lowest BCUT2D eigenvalue weighted by Crippen LogP contribution is -2.18. The summed E-state index contributed by atoms with van der Waals surface area (Å²) in [6.07, 6.45) is 1.45. The molecule has 24 heavy (non-hydrogen) atoms. The number of phenols is 1. The van der Waals surface area contributed by atoms with E-state index in [0.717, 1.165) is 7.14 Å². The van der Waals surface area contributed by atoms with Gasteiger partial charge in [-0.15, -0.1) is 0 Å². The predicted molar refractivity (Wildman–Crippen MR) is 114 cm³/mol. The third-order valence-electron chi connectivity index (χ3n) is 3.44. The van der Waals surface area contributed by atoms with Gasteiger partial charge in [0.1, 0.15) is 5.75 Å². The first-order valence-corrected chi connectivity index (χ1v) is 9.46. The minimum absolute atomic E-state index is 0.0479. The molecule has 4 nitrogen and oxygen atoms in total. The van der Waals surface area contributed by atoms with E-state index in [9.17, 15) is 9.90 Å². The Morgan fingerprint density at radius 1 is 1.17 bits per heavy atom. The van der Waals surface area contributed by atoms with Crippen LogP contribution in [0.2, 0.25) is 0 Å². The van der Waals surface area contributed by atoms with Crippen LogP contribution in [-0.2, 0) is 5.41 Å². The van der Waals surface area contributed by atoms with Gasteiger partial charge in [-0.1, -0.05) is 32.9 Å². The van der Waals surface area contributed by atoms with Gasteiger partial charge in [-0.2, -0.15) is 5.10 Å². The quantitative estimate of drug-likeness (QED) is 0.333. The summed E-state index contributed by atoms with van der Waals surface area (Å²) in [5.41, 5.74) is 4.81. The summed E-state index contributed by atoms with van der Waals surface area (Å²) in [6.45, 7) is 6.38. The van der Waals surface area contributed by atoms with E-state index >= 15 is 0 Å². The first-order chi connectivity index (χ1) is 11.2. The number of rotatable bonds is 3. The summed E-state index contributed by atoms with van der Waals surface area (Å²) >= 11 is 4.22. The van der Waals surface area contributed by atoms with Gasteiger partial charge in [0.2, 0.25) is 0 Å². The Morgan fingerprint density at radius 3 is 2.38 bits per heavy atom. The van der Waals surface area contributed by atoms with E-state index in [1.165, 1.54) is 11.8 Å². The molecule has 0 saturated carbocycles. The SMILES string of the molecule is CC(C)(C)c1ccc(C(=O)N/N=C/c2cc(I)cc(I)c2O)cc1. The second kappa shape index (κ2) is 7.81. The summed E-state index contributed by atoms with van der Waals surface area (Å²) < 4.78 is 1.73. The Hall–Kier alpha value is -1.16. The molecular formula is C18H18I2N2O2. The molecule has 1 amide bonds. The standard InChI is InChI=1S/C18H18I2N2O2/c1-18(2,3)13-6-4-11(5-7-13)17(24)22-21-10-12-8-14(19)9-15(20)16(12)23/h4-10,23H,1-3H3,(H,22,24)/b21-10+. The average molecular weight is 548 g/mol. The molecule has 0 aliphatic heterocycles. The Labute approximate surface area is 169 Å². The minimum atomic E-state index is -0.286. The second-order valence-corrected chi connectivity index (χ2v) is 8.76. The maximum Gasteiger partial charge on any atom is 0.271 e. The van der Waals surface area contributed by atoms with Crippen LogP contribution in [0.3, 0.4) is 0 Å². The molecular weight excluding hydrogens is 530 g/mol. The molecule has 0 saturated heterocycles. The van der Waals surface area contributed by atoms with E-state index in [1.54, 1.807) is 18.2 Å². The number of amides is 1. The van der Waals surface area contributed by atoms with Gasteiger partial charge < -0.3 is 5.11 Å². The molecule has 0 aliphatic rings. The van der Waals surface area contributed by atoms with E-state index in [0.29, 0.717) is 11.1 Å². The molecule has 0 fully saturated rings. The fourth-order valence-electron chi connectivity index (χ4n) is 2.03. The number of carbonyl (C=O) groups is 1. The molecule has 2 aromatic carbocycles. The summed E-state index contributed by atoms with van der Waals surface area (Å²) in [7, 11) is 0. The van der Waals surface area contributed by atoms with Gasteiger partial charge in [0.25, 0.3) is 5.91 Å². The number of hydrazone groups is 1. The zero-order valence-electron chi connectivity index (χ0n) is 13.6. The van der Waals surface area contributed by atoms with Gasteiger partial charge in [-0.05, 0) is 80.4 Å². The van der Waals surface area contributed by atoms with Crippen molar-refractivity contribution >= 4 is 57.3 Å². The van der Waals surface area contributed by atoms with E-state index in [-0.39, 0.29) is 17.1 Å². The van der Waals surface area contributed by atoms with Crippen LogP contribution in [0.15, 0.2) is 41.5 Å². The van der Waals surface area contributed by atoms with Crippen molar-refractivity contribution in [2.24, 2.45) is 5.10 Å². The van der Waals surface area contributed by atoms with Crippen LogP contribution < -0.4 is 5.43 Å². The van der Waals surface area contributed by atoms with E-state index < -0.39 is 0 Å². The number of halogens is 2. The highest BCUT2D eigenvalue weighted by Gasteiger charge is 2.14. The zero-order chi connectivity index (χ0) is 17.9. The highest BCUT2D eigenvalue weighted by molar-refractivity contribution is 14.1. The molecule has 0 unspecified atom stereocenters. The smallest absolute Gasteiger partial charge is 0.271 e. The largest absolute Gasteiger partial charge is 0.506 e. The van der Waals surface area contributed by atoms with Crippen LogP contribution >= 0.6 is 45.2 Å². The molecule has 0 bridgehead atoms. The highest BCUT2D eigenvalue weighted by Crippen LogP contribution is 2.25. The molecule has 0 spiro atoms. The van der Waals surface area contributed by atoms with Gasteiger partial charge in [0, 0.05) is 14.7 Å². The summed E-state index contributed by atoms with van der Waals surface area (Å²) in [5.74, 6) is -0.130. The lowest BCUT2D eigenvalue weighted by atomic mass is 9.87. The Bertz CT molecular complexity index is 779. The van der Waals surface area contributed by atoms with Crippen LogP contribution in [0.4, 0.5) is 0 Å². The number of carbonyl (C=O) groups excluding carboxylic acids is 1. The Kier molecular flexibility index (Phi) is 6.24. The van der Waals surface area contributed by atoms with Crippen molar-refractivity contribution in [1.29, 1.82) is 0 Å². The number of hydrogen-bond donors (Lipinski definition) is 2. The molecule has 0 atom stereocenters. The highest BCUT2D eigenvalue weighted by atomic mass is 127. The second-order valence-electron chi connectivity index (χ2n) is 6.35. The van der Waals surface area contributed by atoms with Crippen molar-refractivity contribution in [1.82, 2.24) is 5.43 Å². The molecule has 126 valence electrons. The van der Waals surface area contributed by atoms with Crippen LogP contribution in [-0.4, -0.2) is 17.2 Å². The lowest BCUT2D eigenvalue weighted by molar-refractivity contribution is 0.0955. The van der Waals surface area contributed by atoms with Crippen molar-refractivity contribution < 1.29 is 9.90 Å². The van der Waals surface area contributed by atoms with E-state index in [1.807, 2.05) is 18.2 Å². The van der Waals surface area contributed by atoms with Crippen molar-refractivity contribution in [3.05, 3.63) is 60.2 Å². The van der Waals surface area contributed by atoms with Crippen molar-refractivity contribution in [3.8, 4) is 5.75 Å². The van der Waals surface area contributed by atoms with Crippen molar-refractivity contribution in [2.45, 2.75) is 26.2 Å². The predicted octanol–water partition coefficient (Wildman–Crippen LogP) is 4.66. The first kappa shape index (κ1) is 19.2. The molecule has 0 radical (unpaired) electrons. The monoisotopic (exact) mass is 548 g/mol. The number of nitrogens with one attached hydrogen (secondary N) is 1. The Balaban J connectivity index is 2.08. The molecule has 2 N–H and O–H groups in total.